The molecule has 0 spiro atoms. The molecule has 0 aromatic heterocycles. The number of hydrogen-bond acceptors (Lipinski definition) is 3. The molecule has 6 heteroatoms. The van der Waals surface area contributed by atoms with Gasteiger partial charge in [-0.1, -0.05) is 19.8 Å². The number of rotatable bonds is 8. The number of unbranched alkanes of at least 4 members (excludes halogenated alkanes) is 1. The molecule has 0 aliphatic carbocycles. The molecule has 2 atom stereocenters. The summed E-state index contributed by atoms with van der Waals surface area (Å²) in [5.41, 5.74) is 5.93. The number of halogens is 1. The van der Waals surface area contributed by atoms with Gasteiger partial charge in [-0.3, -0.25) is 9.89 Å². The van der Waals surface area contributed by atoms with Crippen molar-refractivity contribution in [3.63, 3.8) is 0 Å². The topological polar surface area (TPSA) is 62.9 Å². The van der Waals surface area contributed by atoms with E-state index in [4.69, 9.17) is 10.5 Å². The van der Waals surface area contributed by atoms with Crippen molar-refractivity contribution < 1.29 is 4.74 Å². The van der Waals surface area contributed by atoms with Gasteiger partial charge in [0.15, 0.2) is 5.96 Å². The standard InChI is InChI=1S/C15H32N4O.HI/c1-4-5-9-19-10-7-6-8-14(19)11-17-15(16)18-13(2)12-20-3;/h13-14H,4-12H2,1-3H3,(H3,16,17,18);1H. The highest BCUT2D eigenvalue weighted by atomic mass is 127. The summed E-state index contributed by atoms with van der Waals surface area (Å²) in [7, 11) is 1.69. The van der Waals surface area contributed by atoms with Crippen molar-refractivity contribution in [3.8, 4) is 0 Å². The molecule has 3 N–H and O–H groups in total. The highest BCUT2D eigenvalue weighted by Gasteiger charge is 2.21. The van der Waals surface area contributed by atoms with Crippen LogP contribution in [0.4, 0.5) is 0 Å². The minimum Gasteiger partial charge on any atom is -0.383 e. The number of nitrogens with two attached hydrogens (primary N) is 1. The van der Waals surface area contributed by atoms with Gasteiger partial charge in [0, 0.05) is 19.2 Å². The Kier molecular flexibility index (Phi) is 12.4. The van der Waals surface area contributed by atoms with Gasteiger partial charge in [0.05, 0.1) is 13.2 Å². The van der Waals surface area contributed by atoms with Crippen LogP contribution in [0.3, 0.4) is 0 Å². The molecule has 1 rings (SSSR count). The van der Waals surface area contributed by atoms with Crippen molar-refractivity contribution in [1.82, 2.24) is 10.2 Å². The number of ether oxygens (including phenoxy) is 1. The highest BCUT2D eigenvalue weighted by Crippen LogP contribution is 2.17. The molecule has 0 aromatic carbocycles. The third-order valence-electron chi connectivity index (χ3n) is 3.83. The van der Waals surface area contributed by atoms with Crippen LogP contribution >= 0.6 is 24.0 Å². The summed E-state index contributed by atoms with van der Waals surface area (Å²) in [6.45, 7) is 8.15. The minimum atomic E-state index is 0. The number of aliphatic imine (C=N–C) groups is 1. The van der Waals surface area contributed by atoms with E-state index in [2.05, 4.69) is 22.1 Å². The molecule has 21 heavy (non-hydrogen) atoms. The number of hydrogen-bond donors (Lipinski definition) is 2. The molecule has 1 fully saturated rings. The van der Waals surface area contributed by atoms with E-state index in [1.165, 1.54) is 45.2 Å². The van der Waals surface area contributed by atoms with Crippen LogP contribution in [0.2, 0.25) is 0 Å². The van der Waals surface area contributed by atoms with Crippen LogP contribution in [0.15, 0.2) is 4.99 Å². The summed E-state index contributed by atoms with van der Waals surface area (Å²) in [5, 5.41) is 3.16. The van der Waals surface area contributed by atoms with Gasteiger partial charge in [0.25, 0.3) is 0 Å². The van der Waals surface area contributed by atoms with Crippen LogP contribution in [0.5, 0.6) is 0 Å². The Labute approximate surface area is 147 Å². The van der Waals surface area contributed by atoms with Crippen LogP contribution in [0, 0.1) is 0 Å². The molecule has 0 bridgehead atoms. The molecule has 1 heterocycles. The van der Waals surface area contributed by atoms with Gasteiger partial charge in [-0.25, -0.2) is 0 Å². The maximum Gasteiger partial charge on any atom is 0.188 e. The molecular weight excluding hydrogens is 379 g/mol. The summed E-state index contributed by atoms with van der Waals surface area (Å²) in [5.74, 6) is 0.538. The third-order valence-corrected chi connectivity index (χ3v) is 3.83. The Hall–Kier alpha value is -0.0800. The summed E-state index contributed by atoms with van der Waals surface area (Å²) in [4.78, 5) is 7.10. The Bertz CT molecular complexity index is 289. The summed E-state index contributed by atoms with van der Waals surface area (Å²) < 4.78 is 5.08. The van der Waals surface area contributed by atoms with Crippen molar-refractivity contribution in [2.24, 2.45) is 10.7 Å². The van der Waals surface area contributed by atoms with E-state index in [1.807, 2.05) is 6.92 Å². The lowest BCUT2D eigenvalue weighted by Crippen LogP contribution is -2.44. The molecule has 2 unspecified atom stereocenters. The predicted molar refractivity (Wildman–Crippen MR) is 100 cm³/mol. The number of methoxy groups -OCH3 is 1. The van der Waals surface area contributed by atoms with Crippen LogP contribution in [0.1, 0.15) is 46.0 Å². The van der Waals surface area contributed by atoms with Crippen molar-refractivity contribution in [3.05, 3.63) is 0 Å². The smallest absolute Gasteiger partial charge is 0.188 e. The average Bonchev–Trinajstić information content (AvgIpc) is 2.44. The van der Waals surface area contributed by atoms with Gasteiger partial charge in [-0.05, 0) is 39.3 Å². The van der Waals surface area contributed by atoms with Crippen molar-refractivity contribution in [2.45, 2.75) is 58.0 Å². The number of nitrogens with zero attached hydrogens (tertiary/aromatic N) is 2. The van der Waals surface area contributed by atoms with E-state index in [0.717, 1.165) is 6.54 Å². The third kappa shape index (κ3) is 8.83. The molecule has 1 aliphatic rings. The van der Waals surface area contributed by atoms with Gasteiger partial charge in [-0.15, -0.1) is 24.0 Å². The zero-order valence-corrected chi connectivity index (χ0v) is 16.1. The largest absolute Gasteiger partial charge is 0.383 e. The predicted octanol–water partition coefficient (Wildman–Crippen LogP) is 2.20. The van der Waals surface area contributed by atoms with Crippen LogP contribution in [-0.2, 0) is 4.74 Å². The lowest BCUT2D eigenvalue weighted by molar-refractivity contribution is 0.151. The van der Waals surface area contributed by atoms with E-state index in [0.29, 0.717) is 18.6 Å². The van der Waals surface area contributed by atoms with Crippen LogP contribution in [0.25, 0.3) is 0 Å². The molecule has 5 nitrogen and oxygen atoms in total. The normalized spacial score (nSPS) is 21.7. The number of piperidine rings is 1. The first-order chi connectivity index (χ1) is 9.67. The second-order valence-corrected chi connectivity index (χ2v) is 5.77. The van der Waals surface area contributed by atoms with Gasteiger partial charge in [0.2, 0.25) is 0 Å². The fraction of sp³-hybridized carbons (Fsp3) is 0.933. The van der Waals surface area contributed by atoms with E-state index in [9.17, 15) is 0 Å². The minimum absolute atomic E-state index is 0. The first-order valence-corrected chi connectivity index (χ1v) is 7.96. The average molecular weight is 412 g/mol. The molecule has 1 saturated heterocycles. The molecule has 0 saturated carbocycles. The summed E-state index contributed by atoms with van der Waals surface area (Å²) in [6.07, 6.45) is 6.41. The first kappa shape index (κ1) is 20.9. The van der Waals surface area contributed by atoms with Gasteiger partial charge in [0.1, 0.15) is 0 Å². The molecule has 0 amide bonds. The number of nitrogens with one attached hydrogen (secondary N) is 1. The maximum absolute atomic E-state index is 5.93. The SMILES string of the molecule is CCCCN1CCCCC1CN=C(N)NC(C)COC.I. The summed E-state index contributed by atoms with van der Waals surface area (Å²) >= 11 is 0. The first-order valence-electron chi connectivity index (χ1n) is 7.96. The van der Waals surface area contributed by atoms with E-state index in [1.54, 1.807) is 7.11 Å². The van der Waals surface area contributed by atoms with E-state index < -0.39 is 0 Å². The molecule has 0 radical (unpaired) electrons. The lowest BCUT2D eigenvalue weighted by atomic mass is 10.0. The fourth-order valence-electron chi connectivity index (χ4n) is 2.72. The van der Waals surface area contributed by atoms with Crippen molar-refractivity contribution in [2.75, 3.05) is 33.4 Å². The van der Waals surface area contributed by atoms with Gasteiger partial charge < -0.3 is 15.8 Å². The monoisotopic (exact) mass is 412 g/mol. The zero-order valence-electron chi connectivity index (χ0n) is 13.8. The Balaban J connectivity index is 0.00000400. The summed E-state index contributed by atoms with van der Waals surface area (Å²) in [6, 6.07) is 0.764. The number of likely N-dealkylation sites (tertiary alicyclic amines) is 1. The highest BCUT2D eigenvalue weighted by molar-refractivity contribution is 14.0. The van der Waals surface area contributed by atoms with Gasteiger partial charge >= 0.3 is 0 Å². The molecular formula is C15H33IN4O. The molecule has 126 valence electrons. The quantitative estimate of drug-likeness (QED) is 0.365. The van der Waals surface area contributed by atoms with Crippen LogP contribution in [-0.4, -0.2) is 56.3 Å². The zero-order chi connectivity index (χ0) is 14.8. The van der Waals surface area contributed by atoms with E-state index >= 15 is 0 Å². The molecule has 1 aliphatic heterocycles. The van der Waals surface area contributed by atoms with Crippen LogP contribution < -0.4 is 11.1 Å². The second kappa shape index (κ2) is 12.5. The Morgan fingerprint density at radius 3 is 2.90 bits per heavy atom. The number of guanidine groups is 1. The van der Waals surface area contributed by atoms with E-state index in [-0.39, 0.29) is 30.0 Å². The molecule has 0 aromatic rings. The Morgan fingerprint density at radius 2 is 2.24 bits per heavy atom. The van der Waals surface area contributed by atoms with Crippen molar-refractivity contribution >= 4 is 29.9 Å². The Morgan fingerprint density at radius 1 is 1.48 bits per heavy atom. The van der Waals surface area contributed by atoms with Gasteiger partial charge in [-0.2, -0.15) is 0 Å². The van der Waals surface area contributed by atoms with Crippen molar-refractivity contribution in [1.29, 1.82) is 0 Å². The second-order valence-electron chi connectivity index (χ2n) is 5.77. The lowest BCUT2D eigenvalue weighted by Gasteiger charge is -2.34. The maximum atomic E-state index is 5.93. The fourth-order valence-corrected chi connectivity index (χ4v) is 2.72.